The zero-order valence-electron chi connectivity index (χ0n) is 8.57. The van der Waals surface area contributed by atoms with Crippen molar-refractivity contribution in [2.24, 2.45) is 5.73 Å². The van der Waals surface area contributed by atoms with Gasteiger partial charge in [-0.25, -0.2) is 9.37 Å². The van der Waals surface area contributed by atoms with Crippen LogP contribution in [0.5, 0.6) is 0 Å². The fourth-order valence-corrected chi connectivity index (χ4v) is 1.84. The summed E-state index contributed by atoms with van der Waals surface area (Å²) < 4.78 is 13.6. The van der Waals surface area contributed by atoms with Crippen LogP contribution >= 0.6 is 0 Å². The minimum atomic E-state index is -0.927. The van der Waals surface area contributed by atoms with E-state index in [0.29, 0.717) is 0 Å². The van der Waals surface area contributed by atoms with Crippen LogP contribution in [0.2, 0.25) is 0 Å². The van der Waals surface area contributed by atoms with E-state index in [1.54, 1.807) is 0 Å². The average molecular weight is 237 g/mol. The van der Waals surface area contributed by atoms with Gasteiger partial charge in [0.25, 0.3) is 5.91 Å². The molecular formula is C10H8FN3O3. The third kappa shape index (κ3) is 1.65. The molecule has 3 N–H and O–H groups in total. The van der Waals surface area contributed by atoms with Gasteiger partial charge in [-0.2, -0.15) is 0 Å². The molecule has 17 heavy (non-hydrogen) atoms. The first-order valence-corrected chi connectivity index (χ1v) is 4.77. The molecule has 0 aliphatic carbocycles. The molecule has 1 aromatic heterocycles. The highest BCUT2D eigenvalue weighted by atomic mass is 19.1. The van der Waals surface area contributed by atoms with E-state index in [1.165, 1.54) is 0 Å². The first-order valence-electron chi connectivity index (χ1n) is 4.77. The number of anilines is 1. The molecule has 2 heterocycles. The van der Waals surface area contributed by atoms with Crippen molar-refractivity contribution in [3.05, 3.63) is 23.3 Å². The van der Waals surface area contributed by atoms with Gasteiger partial charge in [0, 0.05) is 12.1 Å². The molecule has 1 aliphatic heterocycles. The van der Waals surface area contributed by atoms with Gasteiger partial charge in [0.2, 0.25) is 5.78 Å². The minimum absolute atomic E-state index is 0.0223. The number of hydrogen-bond acceptors (Lipinski definition) is 5. The molecule has 1 atom stereocenters. The molecule has 0 aromatic carbocycles. The maximum absolute atomic E-state index is 13.6. The van der Waals surface area contributed by atoms with Crippen molar-refractivity contribution in [2.45, 2.75) is 5.92 Å². The summed E-state index contributed by atoms with van der Waals surface area (Å²) in [5, 5.41) is 2.67. The Hall–Kier alpha value is -2.31. The molecule has 0 radical (unpaired) electrons. The Morgan fingerprint density at radius 2 is 2.29 bits per heavy atom. The number of halogens is 1. The molecule has 1 aliphatic rings. The number of pyridine rings is 1. The number of fused-ring (bicyclic) bond motifs is 1. The van der Waals surface area contributed by atoms with Gasteiger partial charge in [0.1, 0.15) is 5.82 Å². The number of ketones is 1. The molecule has 0 bridgehead atoms. The third-order valence-corrected chi connectivity index (χ3v) is 2.59. The number of rotatable bonds is 3. The largest absolute Gasteiger partial charge is 0.382 e. The number of carbonyl (C=O) groups is 3. The quantitative estimate of drug-likeness (QED) is 0.550. The SMILES string of the molecule is NC(=O)c1ncc(F)c2c1NCC2C(=O)C=O. The van der Waals surface area contributed by atoms with Gasteiger partial charge in [-0.3, -0.25) is 14.4 Å². The number of nitrogens with zero attached hydrogens (tertiary/aromatic N) is 1. The van der Waals surface area contributed by atoms with Crippen LogP contribution in [-0.2, 0) is 9.59 Å². The summed E-state index contributed by atoms with van der Waals surface area (Å²) >= 11 is 0. The number of primary amides is 1. The minimum Gasteiger partial charge on any atom is -0.382 e. The Balaban J connectivity index is 2.59. The van der Waals surface area contributed by atoms with Gasteiger partial charge in [0.15, 0.2) is 12.0 Å². The smallest absolute Gasteiger partial charge is 0.269 e. The van der Waals surface area contributed by atoms with Crippen molar-refractivity contribution in [3.8, 4) is 0 Å². The van der Waals surface area contributed by atoms with Crippen molar-refractivity contribution in [1.82, 2.24) is 4.98 Å². The lowest BCUT2D eigenvalue weighted by Crippen LogP contribution is -2.16. The predicted molar refractivity (Wildman–Crippen MR) is 55.0 cm³/mol. The van der Waals surface area contributed by atoms with Crippen LogP contribution in [0.4, 0.5) is 10.1 Å². The summed E-state index contributed by atoms with van der Waals surface area (Å²) in [6, 6.07) is 0. The van der Waals surface area contributed by atoms with E-state index in [1.807, 2.05) is 0 Å². The lowest BCUT2D eigenvalue weighted by atomic mass is 9.97. The number of Topliss-reactive ketones (excluding diaryl/α,β-unsaturated/α-hetero) is 1. The zero-order valence-corrected chi connectivity index (χ0v) is 8.57. The van der Waals surface area contributed by atoms with Crippen molar-refractivity contribution >= 4 is 23.7 Å². The van der Waals surface area contributed by atoms with Crippen LogP contribution < -0.4 is 11.1 Å². The molecule has 0 spiro atoms. The summed E-state index contributed by atoms with van der Waals surface area (Å²) in [5.74, 6) is -3.25. The van der Waals surface area contributed by atoms with Crippen LogP contribution in [0.1, 0.15) is 22.0 Å². The third-order valence-electron chi connectivity index (χ3n) is 2.59. The molecule has 1 amide bonds. The first kappa shape index (κ1) is 11.2. The molecular weight excluding hydrogens is 229 g/mol. The fraction of sp³-hybridized carbons (Fsp3) is 0.200. The molecule has 7 heteroatoms. The second-order valence-electron chi connectivity index (χ2n) is 3.56. The van der Waals surface area contributed by atoms with Gasteiger partial charge in [0.05, 0.1) is 17.8 Å². The van der Waals surface area contributed by atoms with Crippen LogP contribution in [-0.4, -0.2) is 29.5 Å². The average Bonchev–Trinajstić information content (AvgIpc) is 2.73. The van der Waals surface area contributed by atoms with Crippen molar-refractivity contribution in [2.75, 3.05) is 11.9 Å². The molecule has 1 aromatic rings. The van der Waals surface area contributed by atoms with Gasteiger partial charge in [-0.15, -0.1) is 0 Å². The number of hydrogen-bond donors (Lipinski definition) is 2. The normalized spacial score (nSPS) is 17.1. The van der Waals surface area contributed by atoms with Crippen LogP contribution in [0.3, 0.4) is 0 Å². The topological polar surface area (TPSA) is 102 Å². The van der Waals surface area contributed by atoms with E-state index in [0.717, 1.165) is 6.20 Å². The summed E-state index contributed by atoms with van der Waals surface area (Å²) in [5.41, 5.74) is 5.01. The Morgan fingerprint density at radius 1 is 1.59 bits per heavy atom. The van der Waals surface area contributed by atoms with Gasteiger partial charge < -0.3 is 11.1 Å². The Labute approximate surface area is 95.0 Å². The molecule has 0 saturated carbocycles. The van der Waals surface area contributed by atoms with E-state index in [-0.39, 0.29) is 29.8 Å². The lowest BCUT2D eigenvalue weighted by molar-refractivity contribution is -0.130. The van der Waals surface area contributed by atoms with E-state index >= 15 is 0 Å². The summed E-state index contributed by atoms with van der Waals surface area (Å²) in [4.78, 5) is 36.3. The number of nitrogens with two attached hydrogens (primary N) is 1. The van der Waals surface area contributed by atoms with Crippen LogP contribution in [0.15, 0.2) is 6.20 Å². The second kappa shape index (κ2) is 3.93. The second-order valence-corrected chi connectivity index (χ2v) is 3.56. The highest BCUT2D eigenvalue weighted by Crippen LogP contribution is 2.35. The Bertz CT molecular complexity index is 530. The van der Waals surface area contributed by atoms with E-state index < -0.39 is 23.4 Å². The highest BCUT2D eigenvalue weighted by molar-refractivity contribution is 6.28. The number of nitrogens with one attached hydrogen (secondary N) is 1. The number of aldehydes is 1. The highest BCUT2D eigenvalue weighted by Gasteiger charge is 2.34. The Kier molecular flexibility index (Phi) is 2.58. The summed E-state index contributed by atoms with van der Waals surface area (Å²) in [6.45, 7) is 0.0514. The number of aromatic nitrogens is 1. The van der Waals surface area contributed by atoms with Crippen molar-refractivity contribution in [1.29, 1.82) is 0 Å². The molecule has 6 nitrogen and oxygen atoms in total. The van der Waals surface area contributed by atoms with Crippen LogP contribution in [0, 0.1) is 5.82 Å². The fourth-order valence-electron chi connectivity index (χ4n) is 1.84. The predicted octanol–water partition coefficient (Wildman–Crippen LogP) is -0.403. The maximum Gasteiger partial charge on any atom is 0.269 e. The molecule has 0 saturated heterocycles. The van der Waals surface area contributed by atoms with Gasteiger partial charge >= 0.3 is 0 Å². The zero-order chi connectivity index (χ0) is 12.6. The monoisotopic (exact) mass is 237 g/mol. The summed E-state index contributed by atoms with van der Waals surface area (Å²) in [6.07, 6.45) is 0.947. The number of amides is 1. The van der Waals surface area contributed by atoms with Gasteiger partial charge in [-0.1, -0.05) is 0 Å². The van der Waals surface area contributed by atoms with E-state index in [9.17, 15) is 18.8 Å². The molecule has 1 unspecified atom stereocenters. The summed E-state index contributed by atoms with van der Waals surface area (Å²) in [7, 11) is 0. The van der Waals surface area contributed by atoms with Crippen molar-refractivity contribution in [3.63, 3.8) is 0 Å². The van der Waals surface area contributed by atoms with E-state index in [4.69, 9.17) is 5.73 Å². The van der Waals surface area contributed by atoms with Gasteiger partial charge in [-0.05, 0) is 0 Å². The maximum atomic E-state index is 13.6. The van der Waals surface area contributed by atoms with Crippen molar-refractivity contribution < 1.29 is 18.8 Å². The molecule has 0 fully saturated rings. The first-order chi connectivity index (χ1) is 8.06. The lowest BCUT2D eigenvalue weighted by Gasteiger charge is -2.07. The standard InChI is InChI=1S/C10H8FN3O3/c11-5-2-14-9(10(12)17)8-7(5)4(1-13-8)6(16)3-15/h2-4,13H,1H2,(H2,12,17). The van der Waals surface area contributed by atoms with E-state index in [2.05, 4.69) is 10.3 Å². The molecule has 88 valence electrons. The Morgan fingerprint density at radius 3 is 2.88 bits per heavy atom. The van der Waals surface area contributed by atoms with Crippen LogP contribution in [0.25, 0.3) is 0 Å². The number of carbonyl (C=O) groups excluding carboxylic acids is 3. The molecule has 2 rings (SSSR count).